The van der Waals surface area contributed by atoms with E-state index < -0.39 is 18.0 Å². The lowest BCUT2D eigenvalue weighted by Gasteiger charge is -2.31. The van der Waals surface area contributed by atoms with Gasteiger partial charge in [0, 0.05) is 18.8 Å². The van der Waals surface area contributed by atoms with Gasteiger partial charge in [0.1, 0.15) is 0 Å². The van der Waals surface area contributed by atoms with Gasteiger partial charge in [-0.3, -0.25) is 4.79 Å². The Morgan fingerprint density at radius 1 is 1.06 bits per heavy atom. The van der Waals surface area contributed by atoms with Crippen LogP contribution in [-0.2, 0) is 14.3 Å². The molecule has 9 heteroatoms. The lowest BCUT2D eigenvalue weighted by Crippen LogP contribution is -2.47. The van der Waals surface area contributed by atoms with Gasteiger partial charge >= 0.3 is 12.0 Å². The molecule has 0 saturated heterocycles. The van der Waals surface area contributed by atoms with E-state index in [1.54, 1.807) is 36.9 Å². The molecule has 1 aliphatic heterocycles. The minimum absolute atomic E-state index is 0.0892. The highest BCUT2D eigenvalue weighted by molar-refractivity contribution is 5.95. The van der Waals surface area contributed by atoms with Crippen LogP contribution >= 0.6 is 0 Å². The number of carbonyl (C=O) groups is 3. The van der Waals surface area contributed by atoms with Gasteiger partial charge in [-0.1, -0.05) is 33.8 Å². The van der Waals surface area contributed by atoms with Crippen molar-refractivity contribution in [3.63, 3.8) is 0 Å². The topological polar surface area (TPSA) is 106 Å². The molecule has 1 aliphatic rings. The molecule has 0 bridgehead atoms. The third-order valence-corrected chi connectivity index (χ3v) is 5.45. The number of methoxy groups -OCH3 is 1. The van der Waals surface area contributed by atoms with Crippen molar-refractivity contribution in [3.8, 4) is 11.5 Å². The van der Waals surface area contributed by atoms with Crippen LogP contribution in [0.3, 0.4) is 0 Å². The van der Waals surface area contributed by atoms with Gasteiger partial charge in [-0.25, -0.2) is 9.59 Å². The number of nitrogens with zero attached hydrogens (tertiary/aromatic N) is 1. The summed E-state index contributed by atoms with van der Waals surface area (Å²) in [5, 5.41) is 5.57. The molecule has 0 saturated carbocycles. The molecule has 1 aromatic carbocycles. The number of benzene rings is 1. The lowest BCUT2D eigenvalue weighted by atomic mass is 9.91. The van der Waals surface area contributed by atoms with Gasteiger partial charge in [-0.2, -0.15) is 0 Å². The van der Waals surface area contributed by atoms with E-state index >= 15 is 0 Å². The Balaban J connectivity index is 2.35. The van der Waals surface area contributed by atoms with Crippen LogP contribution in [0.4, 0.5) is 4.79 Å². The fourth-order valence-corrected chi connectivity index (χ4v) is 3.91. The van der Waals surface area contributed by atoms with Crippen LogP contribution in [0.5, 0.6) is 11.5 Å². The van der Waals surface area contributed by atoms with Crippen molar-refractivity contribution in [1.29, 1.82) is 0 Å². The second-order valence-electron chi connectivity index (χ2n) is 9.05. The van der Waals surface area contributed by atoms with Crippen LogP contribution in [-0.4, -0.2) is 55.7 Å². The molecule has 0 radical (unpaired) electrons. The first-order valence-corrected chi connectivity index (χ1v) is 12.2. The fraction of sp³-hybridized carbons (Fsp3) is 0.577. The summed E-state index contributed by atoms with van der Waals surface area (Å²) >= 11 is 0. The summed E-state index contributed by atoms with van der Waals surface area (Å²) in [6.45, 7) is 12.7. The number of nitrogens with one attached hydrogen (secondary N) is 2. The first-order valence-electron chi connectivity index (χ1n) is 12.2. The average molecular weight is 490 g/mol. The highest BCUT2D eigenvalue weighted by Crippen LogP contribution is 2.36. The van der Waals surface area contributed by atoms with Gasteiger partial charge in [0.15, 0.2) is 18.1 Å². The summed E-state index contributed by atoms with van der Waals surface area (Å²) in [7, 11) is 1.50. The molecule has 0 aromatic heterocycles. The van der Waals surface area contributed by atoms with Crippen LogP contribution in [0, 0.1) is 5.92 Å². The number of carbonyl (C=O) groups excluding carboxylic acids is 3. The first kappa shape index (κ1) is 28.0. The molecule has 9 nitrogen and oxygen atoms in total. The van der Waals surface area contributed by atoms with E-state index in [1.807, 2.05) is 27.7 Å². The third-order valence-electron chi connectivity index (χ3n) is 5.45. The molecular weight excluding hydrogens is 450 g/mol. The van der Waals surface area contributed by atoms with Crippen molar-refractivity contribution in [2.75, 3.05) is 26.8 Å². The van der Waals surface area contributed by atoms with E-state index in [9.17, 15) is 14.4 Å². The number of allylic oxidation sites excluding steroid dienone is 1. The molecule has 2 rings (SSSR count). The molecule has 1 aromatic rings. The second-order valence-corrected chi connectivity index (χ2v) is 9.05. The number of hydrogen-bond acceptors (Lipinski definition) is 6. The van der Waals surface area contributed by atoms with Crippen LogP contribution in [0.15, 0.2) is 29.5 Å². The van der Waals surface area contributed by atoms with Crippen LogP contribution in [0.1, 0.15) is 66.0 Å². The van der Waals surface area contributed by atoms with Crippen LogP contribution in [0.2, 0.25) is 0 Å². The average Bonchev–Trinajstić information content (AvgIpc) is 2.81. The molecule has 1 unspecified atom stereocenters. The highest BCUT2D eigenvalue weighted by atomic mass is 16.5. The van der Waals surface area contributed by atoms with Crippen molar-refractivity contribution in [2.24, 2.45) is 5.92 Å². The maximum Gasteiger partial charge on any atom is 0.338 e. The van der Waals surface area contributed by atoms with Gasteiger partial charge in [-0.15, -0.1) is 0 Å². The normalized spacial score (nSPS) is 15.6. The molecule has 0 spiro atoms. The Bertz CT molecular complexity index is 935. The van der Waals surface area contributed by atoms with Crippen LogP contribution in [0.25, 0.3) is 0 Å². The number of rotatable bonds is 12. The Morgan fingerprint density at radius 3 is 2.26 bits per heavy atom. The summed E-state index contributed by atoms with van der Waals surface area (Å²) in [6, 6.07) is 3.99. The van der Waals surface area contributed by atoms with Gasteiger partial charge in [-0.05, 0) is 50.3 Å². The molecule has 2 N–H and O–H groups in total. The quantitative estimate of drug-likeness (QED) is 0.431. The zero-order chi connectivity index (χ0) is 26.1. The van der Waals surface area contributed by atoms with Gasteiger partial charge in [0.2, 0.25) is 0 Å². The highest BCUT2D eigenvalue weighted by Gasteiger charge is 2.35. The van der Waals surface area contributed by atoms with Crippen molar-refractivity contribution in [1.82, 2.24) is 15.5 Å². The largest absolute Gasteiger partial charge is 0.493 e. The van der Waals surface area contributed by atoms with Crippen LogP contribution < -0.4 is 20.1 Å². The van der Waals surface area contributed by atoms with E-state index in [0.29, 0.717) is 41.4 Å². The number of ether oxygens (including phenoxy) is 3. The van der Waals surface area contributed by atoms with E-state index in [-0.39, 0.29) is 24.5 Å². The predicted octanol–water partition coefficient (Wildman–Crippen LogP) is 3.94. The Hall–Kier alpha value is -3.23. The maximum atomic E-state index is 13.0. The molecule has 194 valence electrons. The molecule has 3 amide bonds. The Kier molecular flexibility index (Phi) is 10.4. The summed E-state index contributed by atoms with van der Waals surface area (Å²) < 4.78 is 16.8. The van der Waals surface area contributed by atoms with Crippen molar-refractivity contribution in [2.45, 2.75) is 66.5 Å². The molecule has 35 heavy (non-hydrogen) atoms. The molecule has 0 fully saturated rings. The number of amides is 3. The van der Waals surface area contributed by atoms with Gasteiger partial charge in [0.05, 0.1) is 24.8 Å². The Labute approximate surface area is 208 Å². The molecule has 0 aliphatic carbocycles. The summed E-state index contributed by atoms with van der Waals surface area (Å²) in [5.41, 5.74) is 1.48. The lowest BCUT2D eigenvalue weighted by molar-refractivity contribution is -0.143. The number of hydrogen-bond donors (Lipinski definition) is 2. The van der Waals surface area contributed by atoms with E-state index in [4.69, 9.17) is 14.2 Å². The standard InChI is InChI=1S/C26H39N3O6/c1-8-12-29(13-9-2)21(30)15-34-19-11-10-18(14-20(19)33-7)24-22(25(31)35-17(5)6)23(16(3)4)27-26(32)28-24/h10-11,14,16-17,24H,8-9,12-13,15H2,1-7H3,(H2,27,28,32). The predicted molar refractivity (Wildman–Crippen MR) is 133 cm³/mol. The van der Waals surface area contributed by atoms with Gasteiger partial charge in [0.25, 0.3) is 5.91 Å². The summed E-state index contributed by atoms with van der Waals surface area (Å²) in [4.78, 5) is 39.8. The Morgan fingerprint density at radius 2 is 1.71 bits per heavy atom. The second kappa shape index (κ2) is 13.0. The number of esters is 1. The maximum absolute atomic E-state index is 13.0. The molecule has 1 heterocycles. The zero-order valence-electron chi connectivity index (χ0n) is 21.9. The van der Waals surface area contributed by atoms with Crippen molar-refractivity contribution < 1.29 is 28.6 Å². The van der Waals surface area contributed by atoms with Crippen molar-refractivity contribution >= 4 is 17.9 Å². The monoisotopic (exact) mass is 489 g/mol. The molecular formula is C26H39N3O6. The summed E-state index contributed by atoms with van der Waals surface area (Å²) in [6.07, 6.45) is 1.43. The smallest absolute Gasteiger partial charge is 0.338 e. The number of urea groups is 1. The SMILES string of the molecule is CCCN(CCC)C(=O)COc1ccc(C2NC(=O)NC(C(C)C)=C2C(=O)OC(C)C)cc1OC. The van der Waals surface area contributed by atoms with E-state index in [0.717, 1.165) is 12.8 Å². The zero-order valence-corrected chi connectivity index (χ0v) is 21.9. The minimum atomic E-state index is -0.735. The third kappa shape index (κ3) is 7.37. The first-order chi connectivity index (χ1) is 16.6. The van der Waals surface area contributed by atoms with Crippen molar-refractivity contribution in [3.05, 3.63) is 35.0 Å². The fourth-order valence-electron chi connectivity index (χ4n) is 3.91. The van der Waals surface area contributed by atoms with Gasteiger partial charge < -0.3 is 29.7 Å². The summed E-state index contributed by atoms with van der Waals surface area (Å²) in [5.74, 6) is 0.0927. The molecule has 1 atom stereocenters. The van der Waals surface area contributed by atoms with E-state index in [1.165, 1.54) is 7.11 Å². The minimum Gasteiger partial charge on any atom is -0.493 e. The van der Waals surface area contributed by atoms with E-state index in [2.05, 4.69) is 10.6 Å².